The molecule has 0 radical (unpaired) electrons. The molecule has 0 heterocycles. The fourth-order valence-electron chi connectivity index (χ4n) is 6.50. The van der Waals surface area contributed by atoms with Gasteiger partial charge in [0, 0.05) is 12.8 Å². The Morgan fingerprint density at radius 3 is 2.43 bits per heavy atom. The van der Waals surface area contributed by atoms with Gasteiger partial charge in [-0.15, -0.1) is 0 Å². The zero-order chi connectivity index (χ0) is 22.7. The van der Waals surface area contributed by atoms with Crippen LogP contribution in [0.4, 0.5) is 0 Å². The molecule has 2 rings (SSSR count). The monoisotopic (exact) mass is 440 g/mol. The molecule has 0 amide bonds. The minimum atomic E-state index is -1.87. The lowest BCUT2D eigenvalue weighted by Crippen LogP contribution is -2.47. The highest BCUT2D eigenvalue weighted by atomic mass is 28.4. The van der Waals surface area contributed by atoms with Crippen molar-refractivity contribution < 1.29 is 23.5 Å². The van der Waals surface area contributed by atoms with Crippen molar-refractivity contribution in [2.24, 2.45) is 23.2 Å². The van der Waals surface area contributed by atoms with E-state index in [-0.39, 0.29) is 23.5 Å². The van der Waals surface area contributed by atoms with Crippen molar-refractivity contribution in [3.05, 3.63) is 0 Å². The first-order valence-corrected chi connectivity index (χ1v) is 15.2. The van der Waals surface area contributed by atoms with Crippen LogP contribution >= 0.6 is 0 Å². The molecule has 5 nitrogen and oxygen atoms in total. The van der Waals surface area contributed by atoms with E-state index in [1.165, 1.54) is 26.9 Å². The number of methoxy groups -OCH3 is 1. The molecule has 0 bridgehead atoms. The Balaban J connectivity index is 1.99. The third-order valence-electron chi connectivity index (χ3n) is 7.60. The number of hydrogen-bond donors (Lipinski definition) is 0. The maximum Gasteiger partial charge on any atom is 0.336 e. The van der Waals surface area contributed by atoms with E-state index in [2.05, 4.69) is 33.5 Å². The zero-order valence-corrected chi connectivity index (χ0v) is 21.5. The molecule has 6 heteroatoms. The Kier molecular flexibility index (Phi) is 8.22. The van der Waals surface area contributed by atoms with Gasteiger partial charge in [-0.1, -0.05) is 20.3 Å². The van der Waals surface area contributed by atoms with Crippen LogP contribution in [0.5, 0.6) is 0 Å². The first-order chi connectivity index (χ1) is 13.8. The fraction of sp³-hybridized carbons (Fsp3) is 0.917. The summed E-state index contributed by atoms with van der Waals surface area (Å²) in [6.07, 6.45) is 8.54. The second kappa shape index (κ2) is 9.72. The lowest BCUT2D eigenvalue weighted by Gasteiger charge is -2.46. The van der Waals surface area contributed by atoms with E-state index in [0.717, 1.165) is 32.1 Å². The van der Waals surface area contributed by atoms with Gasteiger partial charge >= 0.3 is 11.9 Å². The van der Waals surface area contributed by atoms with Crippen molar-refractivity contribution in [1.82, 2.24) is 0 Å². The Morgan fingerprint density at radius 2 is 1.87 bits per heavy atom. The smallest absolute Gasteiger partial charge is 0.336 e. The number of fused-ring (bicyclic) bond motifs is 1. The molecule has 0 aromatic carbocycles. The molecule has 0 aliphatic heterocycles. The van der Waals surface area contributed by atoms with Gasteiger partial charge < -0.3 is 13.9 Å². The van der Waals surface area contributed by atoms with Gasteiger partial charge in [-0.2, -0.15) is 0 Å². The van der Waals surface area contributed by atoms with E-state index < -0.39 is 13.9 Å². The van der Waals surface area contributed by atoms with Crippen LogP contribution in [0.3, 0.4) is 0 Å². The average Bonchev–Trinajstić information content (AvgIpc) is 2.97. The summed E-state index contributed by atoms with van der Waals surface area (Å²) < 4.78 is 17.0. The molecule has 0 aromatic heterocycles. The third-order valence-corrected chi connectivity index (χ3v) is 8.66. The first-order valence-electron chi connectivity index (χ1n) is 11.8. The van der Waals surface area contributed by atoms with Gasteiger partial charge in [0.1, 0.15) is 6.10 Å². The largest absolute Gasteiger partial charge is 0.467 e. The number of carbonyl (C=O) groups is 2. The average molecular weight is 441 g/mol. The molecule has 2 fully saturated rings. The number of ether oxygens (including phenoxy) is 2. The van der Waals surface area contributed by atoms with Crippen molar-refractivity contribution in [1.29, 1.82) is 0 Å². The molecular weight excluding hydrogens is 396 g/mol. The third kappa shape index (κ3) is 5.87. The maximum absolute atomic E-state index is 12.4. The number of carbonyl (C=O) groups excluding carboxylic acids is 2. The molecule has 2 saturated carbocycles. The maximum atomic E-state index is 12.4. The van der Waals surface area contributed by atoms with E-state index in [0.29, 0.717) is 24.2 Å². The predicted molar refractivity (Wildman–Crippen MR) is 122 cm³/mol. The van der Waals surface area contributed by atoms with E-state index in [9.17, 15) is 9.59 Å². The standard InChI is InChI=1S/C24H44O5Si/c1-17(11-9-16-24(4,22(26)27-5)29-30(6,7)8)19-13-14-20-21(28-18(2)25)12-10-15-23(19,20)3/h17,19-21H,9-16H2,1-8H3/t17-,19-,20?,21?,23-,24-/m1/s1. The van der Waals surface area contributed by atoms with Crippen LogP contribution in [-0.4, -0.2) is 39.1 Å². The molecule has 6 atom stereocenters. The molecule has 2 aliphatic rings. The summed E-state index contributed by atoms with van der Waals surface area (Å²) >= 11 is 0. The van der Waals surface area contributed by atoms with E-state index in [1.807, 2.05) is 6.92 Å². The van der Waals surface area contributed by atoms with Crippen molar-refractivity contribution in [3.63, 3.8) is 0 Å². The Bertz CT molecular complexity index is 615. The Labute approximate surface area is 184 Å². The van der Waals surface area contributed by atoms with Crippen molar-refractivity contribution in [2.75, 3.05) is 7.11 Å². The molecular formula is C24H44O5Si. The fourth-order valence-corrected chi connectivity index (χ4v) is 8.03. The molecule has 0 saturated heterocycles. The van der Waals surface area contributed by atoms with Crippen LogP contribution in [0.25, 0.3) is 0 Å². The van der Waals surface area contributed by atoms with Crippen molar-refractivity contribution >= 4 is 20.3 Å². The van der Waals surface area contributed by atoms with Crippen LogP contribution in [0.1, 0.15) is 79.1 Å². The minimum absolute atomic E-state index is 0.0891. The van der Waals surface area contributed by atoms with E-state index in [1.54, 1.807) is 0 Å². The topological polar surface area (TPSA) is 61.8 Å². The van der Waals surface area contributed by atoms with Gasteiger partial charge in [0.2, 0.25) is 0 Å². The van der Waals surface area contributed by atoms with Gasteiger partial charge in [0.25, 0.3) is 0 Å². The van der Waals surface area contributed by atoms with Gasteiger partial charge in [-0.25, -0.2) is 4.79 Å². The Hall–Kier alpha value is -0.883. The van der Waals surface area contributed by atoms with Crippen LogP contribution < -0.4 is 0 Å². The van der Waals surface area contributed by atoms with E-state index >= 15 is 0 Å². The number of rotatable bonds is 9. The predicted octanol–water partition coefficient (Wildman–Crippen LogP) is 5.72. The second-order valence-corrected chi connectivity index (χ2v) is 15.6. The van der Waals surface area contributed by atoms with Crippen molar-refractivity contribution in [3.8, 4) is 0 Å². The zero-order valence-electron chi connectivity index (χ0n) is 20.5. The van der Waals surface area contributed by atoms with Gasteiger partial charge in [-0.3, -0.25) is 4.79 Å². The highest BCUT2D eigenvalue weighted by Crippen LogP contribution is 2.58. The molecule has 2 unspecified atom stereocenters. The van der Waals surface area contributed by atoms with Crippen molar-refractivity contribution in [2.45, 2.75) is 110 Å². The van der Waals surface area contributed by atoms with Gasteiger partial charge in [0.15, 0.2) is 13.9 Å². The number of esters is 2. The summed E-state index contributed by atoms with van der Waals surface area (Å²) in [6.45, 7) is 14.5. The Morgan fingerprint density at radius 1 is 1.20 bits per heavy atom. The lowest BCUT2D eigenvalue weighted by atomic mass is 9.61. The molecule has 30 heavy (non-hydrogen) atoms. The quantitative estimate of drug-likeness (QED) is 0.339. The lowest BCUT2D eigenvalue weighted by molar-refractivity contribution is -0.159. The summed E-state index contributed by atoms with van der Waals surface area (Å²) in [5.74, 6) is 1.29. The van der Waals surface area contributed by atoms with Gasteiger partial charge in [-0.05, 0) is 88.8 Å². The molecule has 0 aromatic rings. The second-order valence-electron chi connectivity index (χ2n) is 11.1. The SMILES string of the molecule is COC(=O)[C@@](C)(CCC[C@@H](C)[C@H]1CCC2C(OC(C)=O)CCC[C@@]21C)O[Si](C)(C)C. The normalized spacial score (nSPS) is 32.1. The minimum Gasteiger partial charge on any atom is -0.467 e. The first kappa shape index (κ1) is 25.4. The highest BCUT2D eigenvalue weighted by Gasteiger charge is 2.53. The molecule has 174 valence electrons. The van der Waals surface area contributed by atoms with E-state index in [4.69, 9.17) is 13.9 Å². The summed E-state index contributed by atoms with van der Waals surface area (Å²) in [5, 5.41) is 0. The highest BCUT2D eigenvalue weighted by molar-refractivity contribution is 6.70. The van der Waals surface area contributed by atoms with Crippen LogP contribution in [-0.2, 0) is 23.5 Å². The summed E-state index contributed by atoms with van der Waals surface area (Å²) in [5.41, 5.74) is -0.607. The van der Waals surface area contributed by atoms with Gasteiger partial charge in [0.05, 0.1) is 7.11 Å². The number of hydrogen-bond acceptors (Lipinski definition) is 5. The van der Waals surface area contributed by atoms with Crippen LogP contribution in [0, 0.1) is 23.2 Å². The van der Waals surface area contributed by atoms with Crippen LogP contribution in [0.2, 0.25) is 19.6 Å². The summed E-state index contributed by atoms with van der Waals surface area (Å²) in [7, 11) is -0.430. The molecule has 0 spiro atoms. The summed E-state index contributed by atoms with van der Waals surface area (Å²) in [6, 6.07) is 0. The molecule has 0 N–H and O–H groups in total. The molecule has 2 aliphatic carbocycles. The van der Waals surface area contributed by atoms with Crippen LogP contribution in [0.15, 0.2) is 0 Å². The summed E-state index contributed by atoms with van der Waals surface area (Å²) in [4.78, 5) is 24.0.